The number of ether oxygens (including phenoxy) is 1. The van der Waals surface area contributed by atoms with E-state index in [-0.39, 0.29) is 11.1 Å². The number of carbonyl (C=O) groups is 2. The van der Waals surface area contributed by atoms with Gasteiger partial charge in [-0.05, 0) is 23.8 Å². The number of methoxy groups -OCH3 is 1. The molecule has 0 bridgehead atoms. The SMILES string of the molecule is COc1ccc2c(c1)C(=O)C(=O)C(S(=O)(=O)O)=C2. The van der Waals surface area contributed by atoms with Gasteiger partial charge in [-0.15, -0.1) is 0 Å². The highest BCUT2D eigenvalue weighted by Crippen LogP contribution is 2.27. The van der Waals surface area contributed by atoms with E-state index in [0.29, 0.717) is 5.75 Å². The van der Waals surface area contributed by atoms with Gasteiger partial charge in [-0.1, -0.05) is 6.07 Å². The lowest BCUT2D eigenvalue weighted by Crippen LogP contribution is -2.25. The summed E-state index contributed by atoms with van der Waals surface area (Å²) < 4.78 is 35.7. The second-order valence-electron chi connectivity index (χ2n) is 3.60. The number of hydrogen-bond acceptors (Lipinski definition) is 5. The van der Waals surface area contributed by atoms with Crippen molar-refractivity contribution in [1.29, 1.82) is 0 Å². The Kier molecular flexibility index (Phi) is 2.80. The molecule has 1 aromatic carbocycles. The van der Waals surface area contributed by atoms with E-state index in [0.717, 1.165) is 6.08 Å². The van der Waals surface area contributed by atoms with Gasteiger partial charge in [-0.3, -0.25) is 14.1 Å². The Hall–Kier alpha value is -1.99. The van der Waals surface area contributed by atoms with Gasteiger partial charge in [0.05, 0.1) is 7.11 Å². The lowest BCUT2D eigenvalue weighted by Gasteiger charge is -2.13. The minimum atomic E-state index is -4.71. The molecule has 0 spiro atoms. The molecule has 0 heterocycles. The average molecular weight is 268 g/mol. The standard InChI is InChI=1S/C11H8O6S/c1-17-7-3-2-6-4-9(18(14,15)16)11(13)10(12)8(6)5-7/h2-5H,1H3,(H,14,15,16). The van der Waals surface area contributed by atoms with Crippen molar-refractivity contribution in [1.82, 2.24) is 0 Å². The Morgan fingerprint density at radius 3 is 2.39 bits per heavy atom. The lowest BCUT2D eigenvalue weighted by atomic mass is 9.95. The molecule has 1 N–H and O–H groups in total. The first kappa shape index (κ1) is 12.5. The summed E-state index contributed by atoms with van der Waals surface area (Å²) in [6, 6.07) is 4.29. The molecular formula is C11H8O6S. The Morgan fingerprint density at radius 2 is 1.83 bits per heavy atom. The highest BCUT2D eigenvalue weighted by molar-refractivity contribution is 7.91. The zero-order chi connectivity index (χ0) is 13.5. The van der Waals surface area contributed by atoms with Crippen molar-refractivity contribution in [2.24, 2.45) is 0 Å². The second-order valence-corrected chi connectivity index (χ2v) is 4.99. The molecule has 1 aromatic rings. The molecule has 0 unspecified atom stereocenters. The Bertz CT molecular complexity index is 683. The average Bonchev–Trinajstić information content (AvgIpc) is 2.32. The maximum Gasteiger partial charge on any atom is 0.298 e. The molecular weight excluding hydrogens is 260 g/mol. The molecule has 0 atom stereocenters. The quantitative estimate of drug-likeness (QED) is 0.626. The van der Waals surface area contributed by atoms with E-state index in [1.807, 2.05) is 0 Å². The van der Waals surface area contributed by atoms with Gasteiger partial charge in [0.2, 0.25) is 11.6 Å². The molecule has 2 rings (SSSR count). The van der Waals surface area contributed by atoms with Gasteiger partial charge in [0.1, 0.15) is 10.7 Å². The van der Waals surface area contributed by atoms with Crippen molar-refractivity contribution >= 4 is 27.8 Å². The third kappa shape index (κ3) is 1.93. The predicted octanol–water partition coefficient (Wildman–Crippen LogP) is 0.689. The first-order chi connectivity index (χ1) is 8.34. The fraction of sp³-hybridized carbons (Fsp3) is 0.0909. The van der Waals surface area contributed by atoms with Crippen LogP contribution in [-0.2, 0) is 14.9 Å². The third-order valence-electron chi connectivity index (χ3n) is 2.50. The van der Waals surface area contributed by atoms with E-state index in [1.165, 1.54) is 25.3 Å². The van der Waals surface area contributed by atoms with E-state index in [4.69, 9.17) is 9.29 Å². The van der Waals surface area contributed by atoms with Gasteiger partial charge in [0, 0.05) is 5.56 Å². The molecule has 0 radical (unpaired) electrons. The molecule has 6 nitrogen and oxygen atoms in total. The monoisotopic (exact) mass is 268 g/mol. The fourth-order valence-corrected chi connectivity index (χ4v) is 2.22. The van der Waals surface area contributed by atoms with Crippen LogP contribution in [0.15, 0.2) is 23.1 Å². The van der Waals surface area contributed by atoms with E-state index >= 15 is 0 Å². The van der Waals surface area contributed by atoms with E-state index in [9.17, 15) is 18.0 Å². The number of allylic oxidation sites excluding steroid dienone is 1. The normalized spacial score (nSPS) is 15.1. The summed E-state index contributed by atoms with van der Waals surface area (Å²) in [4.78, 5) is 22.3. The summed E-state index contributed by atoms with van der Waals surface area (Å²) >= 11 is 0. The third-order valence-corrected chi connectivity index (χ3v) is 3.36. The van der Waals surface area contributed by atoms with Crippen molar-refractivity contribution in [3.8, 4) is 5.75 Å². The van der Waals surface area contributed by atoms with Crippen LogP contribution in [0.2, 0.25) is 0 Å². The van der Waals surface area contributed by atoms with Gasteiger partial charge >= 0.3 is 0 Å². The highest BCUT2D eigenvalue weighted by Gasteiger charge is 2.34. The first-order valence-electron chi connectivity index (χ1n) is 4.81. The fourth-order valence-electron chi connectivity index (χ4n) is 1.62. The largest absolute Gasteiger partial charge is 0.497 e. The summed E-state index contributed by atoms with van der Waals surface area (Å²) in [7, 11) is -3.31. The van der Waals surface area contributed by atoms with Crippen LogP contribution < -0.4 is 4.74 Å². The highest BCUT2D eigenvalue weighted by atomic mass is 32.2. The summed E-state index contributed by atoms with van der Waals surface area (Å²) in [6.07, 6.45) is 0.966. The van der Waals surface area contributed by atoms with Crippen LogP contribution in [0.5, 0.6) is 5.75 Å². The number of carbonyl (C=O) groups excluding carboxylic acids is 2. The molecule has 94 valence electrons. The van der Waals surface area contributed by atoms with Crippen LogP contribution in [0.25, 0.3) is 6.08 Å². The van der Waals surface area contributed by atoms with Crippen LogP contribution >= 0.6 is 0 Å². The molecule has 1 aliphatic carbocycles. The molecule has 0 saturated heterocycles. The van der Waals surface area contributed by atoms with Gasteiger partial charge in [-0.2, -0.15) is 8.42 Å². The van der Waals surface area contributed by atoms with Crippen molar-refractivity contribution in [2.75, 3.05) is 7.11 Å². The topological polar surface area (TPSA) is 97.7 Å². The number of fused-ring (bicyclic) bond motifs is 1. The zero-order valence-corrected chi connectivity index (χ0v) is 10.0. The molecule has 0 amide bonds. The summed E-state index contributed by atoms with van der Waals surface area (Å²) in [5.41, 5.74) is 0.291. The molecule has 0 saturated carbocycles. The molecule has 0 aliphatic heterocycles. The van der Waals surface area contributed by atoms with Crippen LogP contribution in [0.4, 0.5) is 0 Å². The van der Waals surface area contributed by atoms with Crippen LogP contribution in [0, 0.1) is 0 Å². The maximum absolute atomic E-state index is 11.7. The smallest absolute Gasteiger partial charge is 0.298 e. The number of Topliss-reactive ketones (excluding diaryl/α,β-unsaturated/α-hetero) is 2. The maximum atomic E-state index is 11.7. The minimum absolute atomic E-state index is 0.0479. The number of benzene rings is 1. The Labute approximate surface area is 103 Å². The number of ketones is 2. The van der Waals surface area contributed by atoms with Crippen molar-refractivity contribution in [2.45, 2.75) is 0 Å². The van der Waals surface area contributed by atoms with E-state index < -0.39 is 26.6 Å². The summed E-state index contributed by atoms with van der Waals surface area (Å²) in [5.74, 6) is -1.86. The number of rotatable bonds is 2. The lowest BCUT2D eigenvalue weighted by molar-refractivity contribution is -0.111. The predicted molar refractivity (Wildman–Crippen MR) is 61.9 cm³/mol. The molecule has 1 aliphatic rings. The summed E-state index contributed by atoms with van der Waals surface area (Å²) in [5, 5.41) is 0. The molecule has 0 aromatic heterocycles. The van der Waals surface area contributed by atoms with Crippen molar-refractivity contribution < 1.29 is 27.3 Å². The van der Waals surface area contributed by atoms with Crippen molar-refractivity contribution in [3.05, 3.63) is 34.2 Å². The molecule has 0 fully saturated rings. The van der Waals surface area contributed by atoms with Gasteiger partial charge < -0.3 is 4.74 Å². The summed E-state index contributed by atoms with van der Waals surface area (Å²) in [6.45, 7) is 0. The van der Waals surface area contributed by atoms with Crippen LogP contribution in [-0.4, -0.2) is 31.6 Å². The second kappa shape index (κ2) is 4.04. The zero-order valence-electron chi connectivity index (χ0n) is 9.21. The van der Waals surface area contributed by atoms with Gasteiger partial charge in [0.15, 0.2) is 0 Å². The Morgan fingerprint density at radius 1 is 1.17 bits per heavy atom. The van der Waals surface area contributed by atoms with Gasteiger partial charge in [0.25, 0.3) is 10.1 Å². The van der Waals surface area contributed by atoms with Gasteiger partial charge in [-0.25, -0.2) is 0 Å². The van der Waals surface area contributed by atoms with E-state index in [1.54, 1.807) is 0 Å². The Balaban J connectivity index is 2.69. The van der Waals surface area contributed by atoms with E-state index in [2.05, 4.69) is 0 Å². The van der Waals surface area contributed by atoms with Crippen LogP contribution in [0.1, 0.15) is 15.9 Å². The first-order valence-corrected chi connectivity index (χ1v) is 6.25. The van der Waals surface area contributed by atoms with Crippen molar-refractivity contribution in [3.63, 3.8) is 0 Å². The molecule has 7 heteroatoms. The van der Waals surface area contributed by atoms with Crippen LogP contribution in [0.3, 0.4) is 0 Å². The molecule has 18 heavy (non-hydrogen) atoms. The minimum Gasteiger partial charge on any atom is -0.497 e. The number of hydrogen-bond donors (Lipinski definition) is 1.